The van der Waals surface area contributed by atoms with Crippen LogP contribution in [0.15, 0.2) is 66.7 Å². The summed E-state index contributed by atoms with van der Waals surface area (Å²) in [6.45, 7) is 2.01. The van der Waals surface area contributed by atoms with Gasteiger partial charge < -0.3 is 10.1 Å². The van der Waals surface area contributed by atoms with Gasteiger partial charge in [0.05, 0.1) is 11.6 Å². The first-order valence-electron chi connectivity index (χ1n) is 8.35. The number of halogens is 1. The fourth-order valence-electron chi connectivity index (χ4n) is 2.57. The number of nitrogens with zero attached hydrogens (tertiary/aromatic N) is 1. The molecule has 3 aromatic rings. The third-order valence-corrected chi connectivity index (χ3v) is 4.08. The Bertz CT molecular complexity index is 1020. The Morgan fingerprint density at radius 3 is 2.74 bits per heavy atom. The first-order chi connectivity index (χ1) is 13.1. The van der Waals surface area contributed by atoms with Gasteiger partial charge in [-0.15, -0.1) is 0 Å². The molecule has 0 radical (unpaired) electrons. The minimum atomic E-state index is -0.413. The summed E-state index contributed by atoms with van der Waals surface area (Å²) in [4.78, 5) is 12.5. The number of nitrogens with one attached hydrogen (secondary N) is 1. The molecule has 0 heterocycles. The number of rotatable bonds is 5. The van der Waals surface area contributed by atoms with E-state index in [1.54, 1.807) is 49.4 Å². The molecule has 1 amide bonds. The third kappa shape index (κ3) is 4.50. The average Bonchev–Trinajstić information content (AvgIpc) is 2.69. The van der Waals surface area contributed by atoms with E-state index in [4.69, 9.17) is 10.00 Å². The van der Waals surface area contributed by atoms with Crippen molar-refractivity contribution in [1.82, 2.24) is 0 Å². The van der Waals surface area contributed by atoms with Gasteiger partial charge in [0.1, 0.15) is 18.2 Å². The predicted molar refractivity (Wildman–Crippen MR) is 101 cm³/mol. The van der Waals surface area contributed by atoms with Gasteiger partial charge in [0, 0.05) is 16.8 Å². The van der Waals surface area contributed by atoms with Gasteiger partial charge in [-0.3, -0.25) is 4.79 Å². The molecule has 0 aliphatic rings. The van der Waals surface area contributed by atoms with Gasteiger partial charge in [0.25, 0.3) is 5.91 Å². The van der Waals surface area contributed by atoms with Crippen LogP contribution in [0, 0.1) is 24.1 Å². The smallest absolute Gasteiger partial charge is 0.255 e. The zero-order valence-corrected chi connectivity index (χ0v) is 14.7. The fourth-order valence-corrected chi connectivity index (χ4v) is 2.57. The second kappa shape index (κ2) is 8.15. The summed E-state index contributed by atoms with van der Waals surface area (Å²) in [5.74, 6) is -0.262. The monoisotopic (exact) mass is 360 g/mol. The number of carbonyl (C=O) groups excluding carboxylic acids is 1. The Morgan fingerprint density at radius 1 is 1.11 bits per heavy atom. The van der Waals surface area contributed by atoms with Gasteiger partial charge in [0.2, 0.25) is 0 Å². The van der Waals surface area contributed by atoms with Crippen molar-refractivity contribution in [2.45, 2.75) is 13.5 Å². The highest BCUT2D eigenvalue weighted by molar-refractivity contribution is 6.04. The highest BCUT2D eigenvalue weighted by Gasteiger charge is 2.10. The molecule has 1 N–H and O–H groups in total. The fraction of sp³-hybridized carbons (Fsp3) is 0.0909. The highest BCUT2D eigenvalue weighted by Crippen LogP contribution is 2.20. The normalized spacial score (nSPS) is 10.1. The Labute approximate surface area is 156 Å². The maximum atomic E-state index is 13.4. The number of ether oxygens (including phenoxy) is 1. The number of aryl methyl sites for hydroxylation is 1. The van der Waals surface area contributed by atoms with Crippen molar-refractivity contribution < 1.29 is 13.9 Å². The molecule has 0 bridgehead atoms. The van der Waals surface area contributed by atoms with E-state index in [-0.39, 0.29) is 12.5 Å². The molecule has 0 fully saturated rings. The minimum Gasteiger partial charge on any atom is -0.489 e. The molecule has 0 spiro atoms. The van der Waals surface area contributed by atoms with Crippen molar-refractivity contribution in [1.29, 1.82) is 5.26 Å². The number of benzene rings is 3. The summed E-state index contributed by atoms with van der Waals surface area (Å²) in [6.07, 6.45) is 0. The van der Waals surface area contributed by atoms with Gasteiger partial charge in [-0.25, -0.2) is 4.39 Å². The van der Waals surface area contributed by atoms with Crippen LogP contribution in [-0.4, -0.2) is 5.91 Å². The Kier molecular flexibility index (Phi) is 5.48. The first-order valence-corrected chi connectivity index (χ1v) is 8.35. The van der Waals surface area contributed by atoms with Crippen molar-refractivity contribution in [3.8, 4) is 11.8 Å². The van der Waals surface area contributed by atoms with Crippen LogP contribution in [-0.2, 0) is 6.61 Å². The number of amides is 1. The van der Waals surface area contributed by atoms with Gasteiger partial charge in [-0.05, 0) is 48.9 Å². The summed E-state index contributed by atoms with van der Waals surface area (Å²) in [7, 11) is 0. The summed E-state index contributed by atoms with van der Waals surface area (Å²) < 4.78 is 19.1. The molecular formula is C22H17FN2O2. The zero-order chi connectivity index (χ0) is 19.2. The van der Waals surface area contributed by atoms with Crippen LogP contribution in [0.1, 0.15) is 27.0 Å². The second-order valence-electron chi connectivity index (χ2n) is 6.00. The lowest BCUT2D eigenvalue weighted by Crippen LogP contribution is -2.13. The molecule has 0 aliphatic carbocycles. The summed E-state index contributed by atoms with van der Waals surface area (Å²) in [5.41, 5.74) is 2.91. The van der Waals surface area contributed by atoms with Crippen LogP contribution in [0.2, 0.25) is 0 Å². The van der Waals surface area contributed by atoms with E-state index in [9.17, 15) is 9.18 Å². The molecule has 0 atom stereocenters. The Balaban J connectivity index is 1.72. The molecule has 3 rings (SSSR count). The Hall–Kier alpha value is -3.65. The quantitative estimate of drug-likeness (QED) is 0.708. The molecule has 0 aliphatic heterocycles. The van der Waals surface area contributed by atoms with Crippen LogP contribution < -0.4 is 10.1 Å². The average molecular weight is 360 g/mol. The lowest BCUT2D eigenvalue weighted by molar-refractivity contribution is 0.102. The molecule has 0 saturated carbocycles. The molecule has 0 aromatic heterocycles. The lowest BCUT2D eigenvalue weighted by atomic mass is 10.1. The molecule has 3 aromatic carbocycles. The number of carbonyl (C=O) groups is 1. The van der Waals surface area contributed by atoms with E-state index in [1.807, 2.05) is 12.1 Å². The second-order valence-corrected chi connectivity index (χ2v) is 6.00. The summed E-state index contributed by atoms with van der Waals surface area (Å²) in [5, 5.41) is 11.8. The van der Waals surface area contributed by atoms with E-state index in [1.165, 1.54) is 12.1 Å². The summed E-state index contributed by atoms with van der Waals surface area (Å²) in [6, 6.07) is 20.2. The van der Waals surface area contributed by atoms with E-state index < -0.39 is 5.82 Å². The van der Waals surface area contributed by atoms with Crippen molar-refractivity contribution in [2.75, 3.05) is 5.32 Å². The van der Waals surface area contributed by atoms with Gasteiger partial charge in [-0.1, -0.05) is 30.3 Å². The number of hydrogen-bond donors (Lipinski definition) is 1. The third-order valence-electron chi connectivity index (χ3n) is 4.08. The van der Waals surface area contributed by atoms with Crippen LogP contribution in [0.25, 0.3) is 0 Å². The van der Waals surface area contributed by atoms with Crippen LogP contribution in [0.3, 0.4) is 0 Å². The number of nitriles is 1. The Morgan fingerprint density at radius 2 is 1.93 bits per heavy atom. The standard InChI is InChI=1S/C22H17FN2O2/c1-15-9-10-19(23)12-21(15)25-22(26)16-7-4-8-20(11-16)27-14-18-6-3-2-5-17(18)13-24/h2-12H,14H2,1H3,(H,25,26). The number of hydrogen-bond acceptors (Lipinski definition) is 3. The van der Waals surface area contributed by atoms with E-state index in [0.29, 0.717) is 22.6 Å². The SMILES string of the molecule is Cc1ccc(F)cc1NC(=O)c1cccc(OCc2ccccc2C#N)c1. The number of anilines is 1. The van der Waals surface area contributed by atoms with Crippen LogP contribution in [0.5, 0.6) is 5.75 Å². The topological polar surface area (TPSA) is 62.1 Å². The lowest BCUT2D eigenvalue weighted by Gasteiger charge is -2.11. The maximum Gasteiger partial charge on any atom is 0.255 e. The van der Waals surface area contributed by atoms with Crippen molar-refractivity contribution >= 4 is 11.6 Å². The molecule has 134 valence electrons. The van der Waals surface area contributed by atoms with E-state index in [2.05, 4.69) is 11.4 Å². The molecule has 4 nitrogen and oxygen atoms in total. The molecule has 0 saturated heterocycles. The predicted octanol–water partition coefficient (Wildman–Crippen LogP) is 4.84. The van der Waals surface area contributed by atoms with Gasteiger partial charge in [-0.2, -0.15) is 5.26 Å². The molecule has 0 unspecified atom stereocenters. The first kappa shape index (κ1) is 18.2. The van der Waals surface area contributed by atoms with Crippen molar-refractivity contribution in [3.63, 3.8) is 0 Å². The maximum absolute atomic E-state index is 13.4. The van der Waals surface area contributed by atoms with Crippen molar-refractivity contribution in [2.24, 2.45) is 0 Å². The van der Waals surface area contributed by atoms with E-state index >= 15 is 0 Å². The largest absolute Gasteiger partial charge is 0.489 e. The molecular weight excluding hydrogens is 343 g/mol. The summed E-state index contributed by atoms with van der Waals surface area (Å²) >= 11 is 0. The highest BCUT2D eigenvalue weighted by atomic mass is 19.1. The van der Waals surface area contributed by atoms with Crippen LogP contribution in [0.4, 0.5) is 10.1 Å². The minimum absolute atomic E-state index is 0.220. The van der Waals surface area contributed by atoms with Crippen molar-refractivity contribution in [3.05, 3.63) is 94.8 Å². The molecule has 5 heteroatoms. The van der Waals surface area contributed by atoms with Gasteiger partial charge in [0.15, 0.2) is 0 Å². The van der Waals surface area contributed by atoms with E-state index in [0.717, 1.165) is 11.1 Å². The zero-order valence-electron chi connectivity index (χ0n) is 14.7. The molecule has 27 heavy (non-hydrogen) atoms. The van der Waals surface area contributed by atoms with Gasteiger partial charge >= 0.3 is 0 Å². The van der Waals surface area contributed by atoms with Crippen LogP contribution >= 0.6 is 0 Å².